The summed E-state index contributed by atoms with van der Waals surface area (Å²) in [6.07, 6.45) is -0.696. The Kier molecular flexibility index (Phi) is 7.88. The van der Waals surface area contributed by atoms with E-state index in [1.165, 1.54) is 0 Å². The predicted octanol–water partition coefficient (Wildman–Crippen LogP) is 2.79. The third kappa shape index (κ3) is 6.81. The molecule has 0 radical (unpaired) electrons. The van der Waals surface area contributed by atoms with Crippen LogP contribution >= 0.6 is 0 Å². The standard InChI is InChI=1S/C25H29N3O6/c1-25(2,3)34-24(32)27-19(14-17-10-6-4-7-11-17)21(29)28-20(15-26-23(28)31)22(30)33-16-18-12-8-5-9-13-18/h4-13,19-20H,14-16H2,1-3H3,(H,26,31)(H,27,32)/t19-,20+/m0/s1. The van der Waals surface area contributed by atoms with E-state index in [0.717, 1.165) is 16.0 Å². The van der Waals surface area contributed by atoms with Gasteiger partial charge in [-0.3, -0.25) is 4.79 Å². The summed E-state index contributed by atoms with van der Waals surface area (Å²) in [4.78, 5) is 52.0. The summed E-state index contributed by atoms with van der Waals surface area (Å²) in [5, 5.41) is 5.06. The second-order valence-corrected chi connectivity index (χ2v) is 8.89. The molecule has 0 aliphatic carbocycles. The first kappa shape index (κ1) is 24.8. The SMILES string of the molecule is CC(C)(C)OC(=O)N[C@@H](Cc1ccccc1)C(=O)N1C(=O)NC[C@@H]1C(=O)OCc1ccccc1. The van der Waals surface area contributed by atoms with E-state index in [1.807, 2.05) is 24.3 Å². The molecule has 1 fully saturated rings. The number of alkyl carbamates (subject to hydrolysis) is 1. The molecule has 180 valence electrons. The molecule has 0 spiro atoms. The van der Waals surface area contributed by atoms with Crippen molar-refractivity contribution in [2.45, 2.75) is 51.5 Å². The lowest BCUT2D eigenvalue weighted by Gasteiger charge is -2.27. The summed E-state index contributed by atoms with van der Waals surface area (Å²) in [6, 6.07) is 15.1. The molecule has 3 rings (SSSR count). The van der Waals surface area contributed by atoms with Crippen molar-refractivity contribution in [2.75, 3.05) is 6.54 Å². The fourth-order valence-corrected chi connectivity index (χ4v) is 3.44. The second kappa shape index (κ2) is 10.8. The van der Waals surface area contributed by atoms with E-state index >= 15 is 0 Å². The Bertz CT molecular complexity index is 1020. The number of imide groups is 1. The monoisotopic (exact) mass is 467 g/mol. The Balaban J connectivity index is 1.76. The summed E-state index contributed by atoms with van der Waals surface area (Å²) in [7, 11) is 0. The number of ether oxygens (including phenoxy) is 2. The highest BCUT2D eigenvalue weighted by Crippen LogP contribution is 2.16. The Labute approximate surface area is 198 Å². The van der Waals surface area contributed by atoms with Gasteiger partial charge in [0.15, 0.2) is 6.04 Å². The number of hydrogen-bond acceptors (Lipinski definition) is 6. The van der Waals surface area contributed by atoms with Crippen molar-refractivity contribution in [2.24, 2.45) is 0 Å². The highest BCUT2D eigenvalue weighted by atomic mass is 16.6. The van der Waals surface area contributed by atoms with Gasteiger partial charge in [0.05, 0.1) is 6.54 Å². The minimum Gasteiger partial charge on any atom is -0.459 e. The molecule has 0 bridgehead atoms. The van der Waals surface area contributed by atoms with E-state index in [-0.39, 0.29) is 19.6 Å². The van der Waals surface area contributed by atoms with Gasteiger partial charge in [0.2, 0.25) is 0 Å². The number of benzene rings is 2. The number of esters is 1. The van der Waals surface area contributed by atoms with Gasteiger partial charge in [0.25, 0.3) is 5.91 Å². The zero-order valence-corrected chi connectivity index (χ0v) is 19.4. The summed E-state index contributed by atoms with van der Waals surface area (Å²) < 4.78 is 10.6. The summed E-state index contributed by atoms with van der Waals surface area (Å²) in [5.74, 6) is -1.45. The van der Waals surface area contributed by atoms with Gasteiger partial charge in [0, 0.05) is 6.42 Å². The van der Waals surface area contributed by atoms with E-state index in [2.05, 4.69) is 10.6 Å². The first-order valence-electron chi connectivity index (χ1n) is 11.0. The number of carbonyl (C=O) groups is 4. The first-order valence-corrected chi connectivity index (χ1v) is 11.0. The molecular weight excluding hydrogens is 438 g/mol. The maximum atomic E-state index is 13.4. The van der Waals surface area contributed by atoms with Gasteiger partial charge in [-0.2, -0.15) is 0 Å². The molecule has 1 aliphatic rings. The van der Waals surface area contributed by atoms with Crippen molar-refractivity contribution in [1.82, 2.24) is 15.5 Å². The minimum atomic E-state index is -1.15. The van der Waals surface area contributed by atoms with Crippen molar-refractivity contribution in [1.29, 1.82) is 0 Å². The quantitative estimate of drug-likeness (QED) is 0.606. The van der Waals surface area contributed by atoms with Crippen LogP contribution in [0.25, 0.3) is 0 Å². The third-order valence-electron chi connectivity index (χ3n) is 4.98. The summed E-state index contributed by atoms with van der Waals surface area (Å²) in [5.41, 5.74) is 0.762. The lowest BCUT2D eigenvalue weighted by Crippen LogP contribution is -2.55. The smallest absolute Gasteiger partial charge is 0.408 e. The van der Waals surface area contributed by atoms with Crippen molar-refractivity contribution in [3.63, 3.8) is 0 Å². The average Bonchev–Trinajstić information content (AvgIpc) is 3.18. The van der Waals surface area contributed by atoms with Crippen LogP contribution in [-0.4, -0.2) is 53.1 Å². The molecular formula is C25H29N3O6. The molecule has 9 heteroatoms. The van der Waals surface area contributed by atoms with Crippen LogP contribution in [0, 0.1) is 0 Å². The van der Waals surface area contributed by atoms with Crippen LogP contribution in [0.3, 0.4) is 0 Å². The largest absolute Gasteiger partial charge is 0.459 e. The van der Waals surface area contributed by atoms with Gasteiger partial charge in [-0.25, -0.2) is 19.3 Å². The molecule has 0 saturated carbocycles. The van der Waals surface area contributed by atoms with Gasteiger partial charge >= 0.3 is 18.1 Å². The fourth-order valence-electron chi connectivity index (χ4n) is 3.44. The zero-order valence-electron chi connectivity index (χ0n) is 19.4. The number of hydrogen-bond donors (Lipinski definition) is 2. The van der Waals surface area contributed by atoms with Crippen molar-refractivity contribution in [3.05, 3.63) is 71.8 Å². The van der Waals surface area contributed by atoms with Gasteiger partial charge in [-0.05, 0) is 31.9 Å². The number of nitrogens with zero attached hydrogens (tertiary/aromatic N) is 1. The molecule has 2 atom stereocenters. The van der Waals surface area contributed by atoms with Gasteiger partial charge in [-0.1, -0.05) is 60.7 Å². The maximum Gasteiger partial charge on any atom is 0.408 e. The summed E-state index contributed by atoms with van der Waals surface area (Å²) >= 11 is 0. The molecule has 0 unspecified atom stereocenters. The van der Waals surface area contributed by atoms with Gasteiger partial charge < -0.3 is 20.1 Å². The highest BCUT2D eigenvalue weighted by Gasteiger charge is 2.44. The number of carbonyl (C=O) groups excluding carboxylic acids is 4. The van der Waals surface area contributed by atoms with E-state index in [1.54, 1.807) is 57.2 Å². The van der Waals surface area contributed by atoms with Crippen molar-refractivity contribution < 1.29 is 28.7 Å². The average molecular weight is 468 g/mol. The van der Waals surface area contributed by atoms with E-state index in [9.17, 15) is 19.2 Å². The molecule has 2 aromatic rings. The van der Waals surface area contributed by atoms with Crippen LogP contribution in [0.15, 0.2) is 60.7 Å². The Morgan fingerprint density at radius 3 is 2.21 bits per heavy atom. The Morgan fingerprint density at radius 2 is 1.62 bits per heavy atom. The topological polar surface area (TPSA) is 114 Å². The van der Waals surface area contributed by atoms with Crippen LogP contribution in [0.4, 0.5) is 9.59 Å². The molecule has 4 amide bonds. The number of amides is 4. The normalized spacial score (nSPS) is 16.4. The van der Waals surface area contributed by atoms with Crippen LogP contribution in [-0.2, 0) is 32.1 Å². The molecule has 2 N–H and O–H groups in total. The second-order valence-electron chi connectivity index (χ2n) is 8.89. The molecule has 1 aliphatic heterocycles. The van der Waals surface area contributed by atoms with E-state index in [0.29, 0.717) is 0 Å². The minimum absolute atomic E-state index is 0.00992. The third-order valence-corrected chi connectivity index (χ3v) is 4.98. The Hall–Kier alpha value is -3.88. The van der Waals surface area contributed by atoms with Crippen molar-refractivity contribution in [3.8, 4) is 0 Å². The maximum absolute atomic E-state index is 13.4. The lowest BCUT2D eigenvalue weighted by molar-refractivity contribution is -0.153. The van der Waals surface area contributed by atoms with Crippen LogP contribution in [0.5, 0.6) is 0 Å². The molecule has 1 heterocycles. The van der Waals surface area contributed by atoms with E-state index in [4.69, 9.17) is 9.47 Å². The predicted molar refractivity (Wildman–Crippen MR) is 124 cm³/mol. The molecule has 2 aromatic carbocycles. The number of urea groups is 1. The zero-order chi connectivity index (χ0) is 24.7. The van der Waals surface area contributed by atoms with Crippen LogP contribution in [0.2, 0.25) is 0 Å². The molecule has 34 heavy (non-hydrogen) atoms. The van der Waals surface area contributed by atoms with Crippen molar-refractivity contribution >= 4 is 24.0 Å². The van der Waals surface area contributed by atoms with E-state index < -0.39 is 41.7 Å². The lowest BCUT2D eigenvalue weighted by atomic mass is 10.0. The van der Waals surface area contributed by atoms with Gasteiger partial charge in [0.1, 0.15) is 18.2 Å². The molecule has 9 nitrogen and oxygen atoms in total. The number of rotatable bonds is 7. The fraction of sp³-hybridized carbons (Fsp3) is 0.360. The van der Waals surface area contributed by atoms with Crippen LogP contribution < -0.4 is 10.6 Å². The first-order chi connectivity index (χ1) is 16.1. The Morgan fingerprint density at radius 1 is 1.03 bits per heavy atom. The van der Waals surface area contributed by atoms with Gasteiger partial charge in [-0.15, -0.1) is 0 Å². The number of nitrogens with one attached hydrogen (secondary N) is 2. The summed E-state index contributed by atoms with van der Waals surface area (Å²) in [6.45, 7) is 5.03. The highest BCUT2D eigenvalue weighted by molar-refractivity contribution is 6.03. The molecule has 0 aromatic heterocycles. The molecule has 1 saturated heterocycles. The van der Waals surface area contributed by atoms with Crippen LogP contribution in [0.1, 0.15) is 31.9 Å².